The predicted molar refractivity (Wildman–Crippen MR) is 106 cm³/mol. The van der Waals surface area contributed by atoms with Gasteiger partial charge < -0.3 is 4.98 Å². The SMILES string of the molecule is CCc1[nH]c(=O)c(C(=O)Nc2ncc(Cc3ccccc3Cl)s2)cc1C. The van der Waals surface area contributed by atoms with Crippen LogP contribution in [0.3, 0.4) is 0 Å². The molecule has 0 aliphatic carbocycles. The molecule has 7 heteroatoms. The molecule has 0 unspecified atom stereocenters. The molecule has 0 radical (unpaired) electrons. The van der Waals surface area contributed by atoms with Crippen molar-refractivity contribution < 1.29 is 4.79 Å². The lowest BCUT2D eigenvalue weighted by Gasteiger charge is -2.06. The van der Waals surface area contributed by atoms with Gasteiger partial charge >= 0.3 is 0 Å². The molecule has 0 fully saturated rings. The molecule has 1 aromatic carbocycles. The minimum atomic E-state index is -0.462. The van der Waals surface area contributed by atoms with E-state index >= 15 is 0 Å². The standard InChI is InChI=1S/C19H18ClN3O2S/c1-3-16-11(2)8-14(17(24)22-16)18(25)23-19-21-10-13(26-19)9-12-6-4-5-7-15(12)20/h4-8,10H,3,9H2,1-2H3,(H,22,24)(H,21,23,25). The molecular weight excluding hydrogens is 370 g/mol. The van der Waals surface area contributed by atoms with E-state index in [9.17, 15) is 9.59 Å². The lowest BCUT2D eigenvalue weighted by molar-refractivity contribution is 0.102. The second kappa shape index (κ2) is 7.85. The molecule has 2 aromatic heterocycles. The monoisotopic (exact) mass is 387 g/mol. The Kier molecular flexibility index (Phi) is 5.54. The number of carbonyl (C=O) groups excluding carboxylic acids is 1. The Morgan fingerprint density at radius 3 is 2.85 bits per heavy atom. The maximum absolute atomic E-state index is 12.4. The highest BCUT2D eigenvalue weighted by atomic mass is 35.5. The first kappa shape index (κ1) is 18.4. The fourth-order valence-electron chi connectivity index (χ4n) is 2.65. The second-order valence-corrected chi connectivity index (χ2v) is 7.40. The van der Waals surface area contributed by atoms with E-state index < -0.39 is 11.5 Å². The molecule has 0 saturated heterocycles. The number of thiazole rings is 1. The molecule has 1 amide bonds. The van der Waals surface area contributed by atoms with Crippen molar-refractivity contribution in [1.29, 1.82) is 0 Å². The minimum absolute atomic E-state index is 0.0857. The quantitative estimate of drug-likeness (QED) is 0.689. The van der Waals surface area contributed by atoms with E-state index in [0.717, 1.165) is 21.7 Å². The smallest absolute Gasteiger partial charge is 0.263 e. The summed E-state index contributed by atoms with van der Waals surface area (Å²) >= 11 is 7.54. The van der Waals surface area contributed by atoms with Crippen LogP contribution in [-0.4, -0.2) is 15.9 Å². The maximum Gasteiger partial charge on any atom is 0.263 e. The number of nitrogens with zero attached hydrogens (tertiary/aromatic N) is 1. The molecule has 2 N–H and O–H groups in total. The van der Waals surface area contributed by atoms with Crippen LogP contribution in [-0.2, 0) is 12.8 Å². The highest BCUT2D eigenvalue weighted by molar-refractivity contribution is 7.15. The van der Waals surface area contributed by atoms with Crippen LogP contribution in [0.25, 0.3) is 0 Å². The van der Waals surface area contributed by atoms with Gasteiger partial charge in [0.15, 0.2) is 5.13 Å². The van der Waals surface area contributed by atoms with Gasteiger partial charge in [-0.15, -0.1) is 11.3 Å². The van der Waals surface area contributed by atoms with Crippen molar-refractivity contribution in [1.82, 2.24) is 9.97 Å². The summed E-state index contributed by atoms with van der Waals surface area (Å²) in [5.41, 5.74) is 2.41. The summed E-state index contributed by atoms with van der Waals surface area (Å²) in [5, 5.41) is 3.85. The Bertz CT molecular complexity index is 1010. The lowest BCUT2D eigenvalue weighted by atomic mass is 10.1. The van der Waals surface area contributed by atoms with Crippen molar-refractivity contribution in [3.05, 3.63) is 79.2 Å². The van der Waals surface area contributed by atoms with Gasteiger partial charge in [0.05, 0.1) is 0 Å². The largest absolute Gasteiger partial charge is 0.325 e. The van der Waals surface area contributed by atoms with Gasteiger partial charge in [-0.3, -0.25) is 14.9 Å². The Hall–Kier alpha value is -2.44. The van der Waals surface area contributed by atoms with E-state index in [1.165, 1.54) is 11.3 Å². The average Bonchev–Trinajstić information content (AvgIpc) is 3.05. The normalized spacial score (nSPS) is 10.7. The van der Waals surface area contributed by atoms with Crippen LogP contribution in [0.2, 0.25) is 5.02 Å². The second-order valence-electron chi connectivity index (χ2n) is 5.88. The van der Waals surface area contributed by atoms with Gasteiger partial charge in [-0.25, -0.2) is 4.98 Å². The van der Waals surface area contributed by atoms with Gasteiger partial charge in [0.25, 0.3) is 11.5 Å². The Balaban J connectivity index is 1.75. The first-order chi connectivity index (χ1) is 12.5. The first-order valence-electron chi connectivity index (χ1n) is 8.20. The Morgan fingerprint density at radius 1 is 1.35 bits per heavy atom. The van der Waals surface area contributed by atoms with Gasteiger partial charge in [0.2, 0.25) is 0 Å². The molecule has 0 saturated carbocycles. The fourth-order valence-corrected chi connectivity index (χ4v) is 3.68. The number of anilines is 1. The van der Waals surface area contributed by atoms with Gasteiger partial charge in [-0.2, -0.15) is 0 Å². The summed E-state index contributed by atoms with van der Waals surface area (Å²) in [7, 11) is 0. The number of H-pyrrole nitrogens is 1. The molecule has 2 heterocycles. The number of amides is 1. The maximum atomic E-state index is 12.4. The van der Waals surface area contributed by atoms with E-state index in [1.807, 2.05) is 38.1 Å². The zero-order chi connectivity index (χ0) is 18.7. The highest BCUT2D eigenvalue weighted by Gasteiger charge is 2.15. The van der Waals surface area contributed by atoms with Crippen LogP contribution in [0, 0.1) is 6.92 Å². The fraction of sp³-hybridized carbons (Fsp3) is 0.211. The minimum Gasteiger partial charge on any atom is -0.325 e. The van der Waals surface area contributed by atoms with Crippen LogP contribution < -0.4 is 10.9 Å². The number of benzene rings is 1. The van der Waals surface area contributed by atoms with Crippen molar-refractivity contribution in [3.8, 4) is 0 Å². The molecule has 3 rings (SSSR count). The predicted octanol–water partition coefficient (Wildman–Crippen LogP) is 4.20. The van der Waals surface area contributed by atoms with E-state index in [1.54, 1.807) is 12.3 Å². The van der Waals surface area contributed by atoms with Gasteiger partial charge in [0, 0.05) is 28.2 Å². The number of carbonyl (C=O) groups is 1. The lowest BCUT2D eigenvalue weighted by Crippen LogP contribution is -2.24. The molecule has 0 bridgehead atoms. The zero-order valence-electron chi connectivity index (χ0n) is 14.4. The topological polar surface area (TPSA) is 74.8 Å². The molecule has 0 atom stereocenters. The number of aromatic amines is 1. The van der Waals surface area contributed by atoms with Crippen molar-refractivity contribution in [2.75, 3.05) is 5.32 Å². The zero-order valence-corrected chi connectivity index (χ0v) is 16.0. The summed E-state index contributed by atoms with van der Waals surface area (Å²) in [6.07, 6.45) is 3.05. The summed E-state index contributed by atoms with van der Waals surface area (Å²) in [5.74, 6) is -0.462. The van der Waals surface area contributed by atoms with Gasteiger partial charge in [-0.1, -0.05) is 36.7 Å². The third kappa shape index (κ3) is 4.03. The van der Waals surface area contributed by atoms with E-state index in [2.05, 4.69) is 15.3 Å². The average molecular weight is 388 g/mol. The van der Waals surface area contributed by atoms with Crippen LogP contribution in [0.4, 0.5) is 5.13 Å². The number of halogens is 1. The summed E-state index contributed by atoms with van der Waals surface area (Å²) < 4.78 is 0. The van der Waals surface area contributed by atoms with Crippen LogP contribution in [0.1, 0.15) is 39.0 Å². The van der Waals surface area contributed by atoms with Crippen molar-refractivity contribution in [2.24, 2.45) is 0 Å². The van der Waals surface area contributed by atoms with E-state index in [-0.39, 0.29) is 5.56 Å². The summed E-state index contributed by atoms with van der Waals surface area (Å²) in [4.78, 5) is 32.5. The van der Waals surface area contributed by atoms with E-state index in [4.69, 9.17) is 11.6 Å². The third-order valence-corrected chi connectivity index (χ3v) is 5.32. The summed E-state index contributed by atoms with van der Waals surface area (Å²) in [6.45, 7) is 3.82. The van der Waals surface area contributed by atoms with Gasteiger partial charge in [-0.05, 0) is 36.6 Å². The molecule has 134 valence electrons. The molecular formula is C19H18ClN3O2S. The molecule has 5 nitrogen and oxygen atoms in total. The van der Waals surface area contributed by atoms with E-state index in [0.29, 0.717) is 23.0 Å². The molecule has 3 aromatic rings. The van der Waals surface area contributed by atoms with Crippen LogP contribution in [0.15, 0.2) is 41.3 Å². The van der Waals surface area contributed by atoms with Crippen molar-refractivity contribution >= 4 is 34.0 Å². The number of aromatic nitrogens is 2. The number of hydrogen-bond acceptors (Lipinski definition) is 4. The van der Waals surface area contributed by atoms with Crippen molar-refractivity contribution in [3.63, 3.8) is 0 Å². The first-order valence-corrected chi connectivity index (χ1v) is 9.39. The molecule has 26 heavy (non-hydrogen) atoms. The highest BCUT2D eigenvalue weighted by Crippen LogP contribution is 2.24. The number of aryl methyl sites for hydroxylation is 2. The van der Waals surface area contributed by atoms with Crippen LogP contribution >= 0.6 is 22.9 Å². The number of rotatable bonds is 5. The summed E-state index contributed by atoms with van der Waals surface area (Å²) in [6, 6.07) is 9.23. The number of nitrogens with one attached hydrogen (secondary N) is 2. The Morgan fingerprint density at radius 2 is 2.12 bits per heavy atom. The molecule has 0 spiro atoms. The number of pyridine rings is 1. The number of hydrogen-bond donors (Lipinski definition) is 2. The van der Waals surface area contributed by atoms with Crippen LogP contribution in [0.5, 0.6) is 0 Å². The van der Waals surface area contributed by atoms with Crippen molar-refractivity contribution in [2.45, 2.75) is 26.7 Å². The third-order valence-electron chi connectivity index (χ3n) is 4.04. The molecule has 0 aliphatic rings. The Labute approximate surface area is 160 Å². The molecule has 0 aliphatic heterocycles. The van der Waals surface area contributed by atoms with Gasteiger partial charge in [0.1, 0.15) is 5.56 Å².